The number of rotatable bonds is 4. The van der Waals surface area contributed by atoms with Crippen LogP contribution in [-0.2, 0) is 11.2 Å². The van der Waals surface area contributed by atoms with Crippen molar-refractivity contribution >= 4 is 11.9 Å². The van der Waals surface area contributed by atoms with E-state index in [2.05, 4.69) is 20.5 Å². The van der Waals surface area contributed by atoms with Crippen molar-refractivity contribution < 1.29 is 14.3 Å². The molecule has 0 aliphatic rings. The SMILES string of the molecule is O=C(Cc1cccc(O)c1)Nc1n[nH]c(-c2ccccc2F)n1. The van der Waals surface area contributed by atoms with Crippen molar-refractivity contribution in [1.82, 2.24) is 15.2 Å². The summed E-state index contributed by atoms with van der Waals surface area (Å²) in [5.41, 5.74) is 0.931. The summed E-state index contributed by atoms with van der Waals surface area (Å²) in [6, 6.07) is 12.5. The van der Waals surface area contributed by atoms with Gasteiger partial charge in [-0.1, -0.05) is 24.3 Å². The third-order valence-corrected chi connectivity index (χ3v) is 3.14. The van der Waals surface area contributed by atoms with E-state index in [9.17, 15) is 14.3 Å². The van der Waals surface area contributed by atoms with Crippen molar-refractivity contribution in [2.75, 3.05) is 5.32 Å². The Hall–Kier alpha value is -3.22. The summed E-state index contributed by atoms with van der Waals surface area (Å²) in [5.74, 6) is -0.379. The molecule has 1 heterocycles. The molecule has 0 unspecified atom stereocenters. The highest BCUT2D eigenvalue weighted by molar-refractivity contribution is 5.90. The number of aromatic hydroxyl groups is 1. The average molecular weight is 312 g/mol. The van der Waals surface area contributed by atoms with Crippen molar-refractivity contribution in [3.8, 4) is 17.1 Å². The molecule has 0 saturated heterocycles. The Morgan fingerprint density at radius 1 is 1.22 bits per heavy atom. The lowest BCUT2D eigenvalue weighted by Crippen LogP contribution is -2.15. The van der Waals surface area contributed by atoms with Gasteiger partial charge in [-0.05, 0) is 29.8 Å². The van der Waals surface area contributed by atoms with Crippen molar-refractivity contribution in [2.24, 2.45) is 0 Å². The monoisotopic (exact) mass is 312 g/mol. The van der Waals surface area contributed by atoms with Gasteiger partial charge in [-0.3, -0.25) is 15.2 Å². The van der Waals surface area contributed by atoms with E-state index in [4.69, 9.17) is 0 Å². The summed E-state index contributed by atoms with van der Waals surface area (Å²) in [4.78, 5) is 16.0. The quantitative estimate of drug-likeness (QED) is 0.690. The van der Waals surface area contributed by atoms with Crippen LogP contribution in [0.4, 0.5) is 10.3 Å². The summed E-state index contributed by atoms with van der Waals surface area (Å²) < 4.78 is 13.7. The Morgan fingerprint density at radius 3 is 2.83 bits per heavy atom. The van der Waals surface area contributed by atoms with E-state index in [1.165, 1.54) is 18.2 Å². The van der Waals surface area contributed by atoms with Crippen LogP contribution >= 0.6 is 0 Å². The molecular formula is C16H13FN4O2. The molecular weight excluding hydrogens is 299 g/mol. The van der Waals surface area contributed by atoms with Crippen LogP contribution in [-0.4, -0.2) is 26.2 Å². The Labute approximate surface area is 131 Å². The van der Waals surface area contributed by atoms with Crippen LogP contribution < -0.4 is 5.32 Å². The van der Waals surface area contributed by atoms with Gasteiger partial charge in [0.05, 0.1) is 12.0 Å². The number of amides is 1. The number of phenols is 1. The molecule has 6 nitrogen and oxygen atoms in total. The second-order valence-electron chi connectivity index (χ2n) is 4.88. The number of hydrogen-bond acceptors (Lipinski definition) is 4. The van der Waals surface area contributed by atoms with Gasteiger partial charge in [-0.2, -0.15) is 4.98 Å². The van der Waals surface area contributed by atoms with Crippen molar-refractivity contribution in [1.29, 1.82) is 0 Å². The molecule has 23 heavy (non-hydrogen) atoms. The zero-order valence-corrected chi connectivity index (χ0v) is 12.0. The number of hydrogen-bond donors (Lipinski definition) is 3. The van der Waals surface area contributed by atoms with E-state index < -0.39 is 5.82 Å². The fraction of sp³-hybridized carbons (Fsp3) is 0.0625. The topological polar surface area (TPSA) is 90.9 Å². The third kappa shape index (κ3) is 3.52. The second kappa shape index (κ2) is 6.27. The molecule has 0 fully saturated rings. The minimum Gasteiger partial charge on any atom is -0.508 e. The number of aromatic nitrogens is 3. The predicted molar refractivity (Wildman–Crippen MR) is 82.2 cm³/mol. The summed E-state index contributed by atoms with van der Waals surface area (Å²) >= 11 is 0. The largest absolute Gasteiger partial charge is 0.508 e. The van der Waals surface area contributed by atoms with Crippen molar-refractivity contribution in [2.45, 2.75) is 6.42 Å². The number of carbonyl (C=O) groups excluding carboxylic acids is 1. The van der Waals surface area contributed by atoms with E-state index in [0.29, 0.717) is 5.56 Å². The first kappa shape index (κ1) is 14.7. The molecule has 0 saturated carbocycles. The maximum absolute atomic E-state index is 13.7. The van der Waals surface area contributed by atoms with E-state index in [1.54, 1.807) is 30.3 Å². The number of aromatic amines is 1. The van der Waals surface area contributed by atoms with Crippen LogP contribution in [0.15, 0.2) is 48.5 Å². The van der Waals surface area contributed by atoms with E-state index in [1.807, 2.05) is 0 Å². The maximum atomic E-state index is 13.7. The highest BCUT2D eigenvalue weighted by Gasteiger charge is 2.12. The van der Waals surface area contributed by atoms with Crippen LogP contribution in [0, 0.1) is 5.82 Å². The Balaban J connectivity index is 1.69. The van der Waals surface area contributed by atoms with Gasteiger partial charge in [0.25, 0.3) is 0 Å². The fourth-order valence-corrected chi connectivity index (χ4v) is 2.11. The van der Waals surface area contributed by atoms with Crippen LogP contribution in [0.1, 0.15) is 5.56 Å². The van der Waals surface area contributed by atoms with Gasteiger partial charge in [-0.15, -0.1) is 5.10 Å². The number of nitrogens with zero attached hydrogens (tertiary/aromatic N) is 2. The van der Waals surface area contributed by atoms with Crippen LogP contribution in [0.25, 0.3) is 11.4 Å². The number of halogens is 1. The molecule has 2 aromatic carbocycles. The predicted octanol–water partition coefficient (Wildman–Crippen LogP) is 2.50. The van der Waals surface area contributed by atoms with Crippen LogP contribution in [0.3, 0.4) is 0 Å². The normalized spacial score (nSPS) is 10.5. The van der Waals surface area contributed by atoms with Crippen molar-refractivity contribution in [3.63, 3.8) is 0 Å². The summed E-state index contributed by atoms with van der Waals surface area (Å²) in [7, 11) is 0. The second-order valence-corrected chi connectivity index (χ2v) is 4.88. The number of H-pyrrole nitrogens is 1. The van der Waals surface area contributed by atoms with Crippen LogP contribution in [0.5, 0.6) is 5.75 Å². The maximum Gasteiger partial charge on any atom is 0.249 e. The number of benzene rings is 2. The molecule has 7 heteroatoms. The smallest absolute Gasteiger partial charge is 0.249 e. The summed E-state index contributed by atoms with van der Waals surface area (Å²) in [6.07, 6.45) is 0.0674. The van der Waals surface area contributed by atoms with Gasteiger partial charge in [-0.25, -0.2) is 4.39 Å². The Morgan fingerprint density at radius 2 is 2.04 bits per heavy atom. The molecule has 0 atom stereocenters. The van der Waals surface area contributed by atoms with E-state index in [-0.39, 0.29) is 35.4 Å². The zero-order valence-electron chi connectivity index (χ0n) is 12.0. The molecule has 0 aliphatic carbocycles. The lowest BCUT2D eigenvalue weighted by atomic mass is 10.1. The van der Waals surface area contributed by atoms with E-state index in [0.717, 1.165) is 0 Å². The first-order chi connectivity index (χ1) is 11.1. The van der Waals surface area contributed by atoms with E-state index >= 15 is 0 Å². The zero-order chi connectivity index (χ0) is 16.2. The lowest BCUT2D eigenvalue weighted by molar-refractivity contribution is -0.115. The molecule has 3 rings (SSSR count). The molecule has 1 aromatic heterocycles. The van der Waals surface area contributed by atoms with Crippen LogP contribution in [0.2, 0.25) is 0 Å². The Bertz CT molecular complexity index is 847. The van der Waals surface area contributed by atoms with Gasteiger partial charge < -0.3 is 5.11 Å². The number of nitrogens with one attached hydrogen (secondary N) is 2. The number of anilines is 1. The minimum atomic E-state index is -0.429. The highest BCUT2D eigenvalue weighted by Crippen LogP contribution is 2.19. The standard InChI is InChI=1S/C16H13FN4O2/c17-13-7-2-1-6-12(13)15-19-16(21-20-15)18-14(23)9-10-4-3-5-11(22)8-10/h1-8,22H,9H2,(H2,18,19,20,21,23). The fourth-order valence-electron chi connectivity index (χ4n) is 2.11. The molecule has 116 valence electrons. The van der Waals surface area contributed by atoms with Gasteiger partial charge in [0.1, 0.15) is 11.6 Å². The summed E-state index contributed by atoms with van der Waals surface area (Å²) in [6.45, 7) is 0. The lowest BCUT2D eigenvalue weighted by Gasteiger charge is -2.02. The van der Waals surface area contributed by atoms with Gasteiger partial charge >= 0.3 is 0 Å². The third-order valence-electron chi connectivity index (χ3n) is 3.14. The number of phenolic OH excluding ortho intramolecular Hbond substituents is 1. The molecule has 0 radical (unpaired) electrons. The van der Waals surface area contributed by atoms with Gasteiger partial charge in [0.2, 0.25) is 11.9 Å². The van der Waals surface area contributed by atoms with Gasteiger partial charge in [0.15, 0.2) is 5.82 Å². The molecule has 0 spiro atoms. The minimum absolute atomic E-state index is 0.0633. The molecule has 3 N–H and O–H groups in total. The van der Waals surface area contributed by atoms with Gasteiger partial charge in [0, 0.05) is 0 Å². The number of carbonyl (C=O) groups is 1. The molecule has 0 bridgehead atoms. The first-order valence-electron chi connectivity index (χ1n) is 6.87. The summed E-state index contributed by atoms with van der Waals surface area (Å²) in [5, 5.41) is 18.3. The molecule has 1 amide bonds. The Kier molecular flexibility index (Phi) is 4.01. The van der Waals surface area contributed by atoms with Crippen molar-refractivity contribution in [3.05, 3.63) is 59.9 Å². The molecule has 3 aromatic rings. The first-order valence-corrected chi connectivity index (χ1v) is 6.87. The average Bonchev–Trinajstić information content (AvgIpc) is 2.95. The highest BCUT2D eigenvalue weighted by atomic mass is 19.1. The molecule has 0 aliphatic heterocycles.